The Labute approximate surface area is 99.5 Å². The smallest absolute Gasteiger partial charge is 0.0561 e. The lowest BCUT2D eigenvalue weighted by Gasteiger charge is -2.34. The van der Waals surface area contributed by atoms with E-state index in [1.807, 2.05) is 0 Å². The number of hydrogen-bond acceptors (Lipinski definition) is 3. The molecule has 2 rings (SSSR count). The van der Waals surface area contributed by atoms with Gasteiger partial charge in [0.25, 0.3) is 0 Å². The topological polar surface area (TPSA) is 24.5 Å². The van der Waals surface area contributed by atoms with E-state index in [1.54, 1.807) is 0 Å². The average molecular weight is 226 g/mol. The van der Waals surface area contributed by atoms with Crippen molar-refractivity contribution in [1.82, 2.24) is 10.2 Å². The van der Waals surface area contributed by atoms with Crippen molar-refractivity contribution in [2.24, 2.45) is 5.92 Å². The van der Waals surface area contributed by atoms with Crippen LogP contribution in [0.2, 0.25) is 0 Å². The Morgan fingerprint density at radius 2 is 2.25 bits per heavy atom. The molecular formula is C13H26N2O. The lowest BCUT2D eigenvalue weighted by Crippen LogP contribution is -2.40. The van der Waals surface area contributed by atoms with E-state index in [1.165, 1.54) is 38.9 Å². The molecule has 0 aliphatic carbocycles. The van der Waals surface area contributed by atoms with Gasteiger partial charge in [0.15, 0.2) is 0 Å². The maximum Gasteiger partial charge on any atom is 0.0561 e. The molecule has 2 fully saturated rings. The van der Waals surface area contributed by atoms with Crippen LogP contribution in [0.3, 0.4) is 0 Å². The number of ether oxygens (including phenoxy) is 1. The first-order chi connectivity index (χ1) is 7.79. The van der Waals surface area contributed by atoms with E-state index in [4.69, 9.17) is 4.74 Å². The highest BCUT2D eigenvalue weighted by Gasteiger charge is 2.30. The summed E-state index contributed by atoms with van der Waals surface area (Å²) in [5.74, 6) is 0.873. The van der Waals surface area contributed by atoms with E-state index in [0.29, 0.717) is 6.10 Å². The van der Waals surface area contributed by atoms with Gasteiger partial charge in [0, 0.05) is 19.2 Å². The zero-order valence-corrected chi connectivity index (χ0v) is 10.7. The molecule has 3 unspecified atom stereocenters. The summed E-state index contributed by atoms with van der Waals surface area (Å²) >= 11 is 0. The Balaban J connectivity index is 1.74. The summed E-state index contributed by atoms with van der Waals surface area (Å²) in [6.07, 6.45) is 4.30. The quantitative estimate of drug-likeness (QED) is 0.786. The zero-order valence-electron chi connectivity index (χ0n) is 10.7. The molecule has 0 spiro atoms. The fraction of sp³-hybridized carbons (Fsp3) is 1.00. The normalized spacial score (nSPS) is 36.8. The molecule has 0 bridgehead atoms. The first-order valence-corrected chi connectivity index (χ1v) is 6.86. The molecule has 1 N–H and O–H groups in total. The Morgan fingerprint density at radius 1 is 1.38 bits per heavy atom. The molecule has 0 saturated carbocycles. The molecule has 2 saturated heterocycles. The average Bonchev–Trinajstić information content (AvgIpc) is 2.75. The maximum absolute atomic E-state index is 5.62. The van der Waals surface area contributed by atoms with E-state index in [-0.39, 0.29) is 0 Å². The summed E-state index contributed by atoms with van der Waals surface area (Å²) in [6, 6.07) is 0.787. The van der Waals surface area contributed by atoms with Crippen LogP contribution in [0.5, 0.6) is 0 Å². The second-order valence-corrected chi connectivity index (χ2v) is 5.32. The highest BCUT2D eigenvalue weighted by molar-refractivity contribution is 4.85. The maximum atomic E-state index is 5.62. The minimum atomic E-state index is 0.464. The van der Waals surface area contributed by atoms with Gasteiger partial charge >= 0.3 is 0 Å². The summed E-state index contributed by atoms with van der Waals surface area (Å²) in [4.78, 5) is 2.70. The molecule has 16 heavy (non-hydrogen) atoms. The standard InChI is InChI=1S/C13H26N2O/c1-3-14-9-12-4-6-15(10-12)13-5-7-16-11(2)8-13/h11-14H,3-10H2,1-2H3. The molecular weight excluding hydrogens is 200 g/mol. The van der Waals surface area contributed by atoms with E-state index < -0.39 is 0 Å². The van der Waals surface area contributed by atoms with Gasteiger partial charge in [0.05, 0.1) is 6.10 Å². The van der Waals surface area contributed by atoms with E-state index in [0.717, 1.165) is 25.1 Å². The second-order valence-electron chi connectivity index (χ2n) is 5.32. The van der Waals surface area contributed by atoms with Crippen molar-refractivity contribution in [3.05, 3.63) is 0 Å². The molecule has 3 nitrogen and oxygen atoms in total. The van der Waals surface area contributed by atoms with Crippen LogP contribution in [0.4, 0.5) is 0 Å². The largest absolute Gasteiger partial charge is 0.378 e. The third-order valence-corrected chi connectivity index (χ3v) is 3.97. The summed E-state index contributed by atoms with van der Waals surface area (Å²) in [7, 11) is 0. The van der Waals surface area contributed by atoms with Crippen LogP contribution in [-0.2, 0) is 4.74 Å². The number of rotatable bonds is 4. The van der Waals surface area contributed by atoms with Gasteiger partial charge in [0.2, 0.25) is 0 Å². The molecule has 94 valence electrons. The molecule has 2 aliphatic heterocycles. The summed E-state index contributed by atoms with van der Waals surface area (Å²) in [6.45, 7) is 10.2. The van der Waals surface area contributed by atoms with Crippen molar-refractivity contribution in [2.75, 3.05) is 32.8 Å². The Kier molecular flexibility index (Phi) is 4.62. The van der Waals surface area contributed by atoms with E-state index >= 15 is 0 Å². The van der Waals surface area contributed by atoms with Gasteiger partial charge in [-0.3, -0.25) is 4.90 Å². The molecule has 0 aromatic carbocycles. The van der Waals surface area contributed by atoms with E-state index in [2.05, 4.69) is 24.1 Å². The molecule has 3 heteroatoms. The van der Waals surface area contributed by atoms with Gasteiger partial charge in [-0.2, -0.15) is 0 Å². The van der Waals surface area contributed by atoms with Gasteiger partial charge in [-0.15, -0.1) is 0 Å². The number of likely N-dealkylation sites (tertiary alicyclic amines) is 1. The van der Waals surface area contributed by atoms with Gasteiger partial charge in [0.1, 0.15) is 0 Å². The van der Waals surface area contributed by atoms with Crippen LogP contribution in [0, 0.1) is 5.92 Å². The van der Waals surface area contributed by atoms with Crippen LogP contribution in [0.15, 0.2) is 0 Å². The minimum Gasteiger partial charge on any atom is -0.378 e. The lowest BCUT2D eigenvalue weighted by atomic mass is 10.0. The van der Waals surface area contributed by atoms with Crippen molar-refractivity contribution in [3.8, 4) is 0 Å². The number of nitrogens with zero attached hydrogens (tertiary/aromatic N) is 1. The monoisotopic (exact) mass is 226 g/mol. The first kappa shape index (κ1) is 12.3. The van der Waals surface area contributed by atoms with Crippen LogP contribution in [0.25, 0.3) is 0 Å². The van der Waals surface area contributed by atoms with E-state index in [9.17, 15) is 0 Å². The second kappa shape index (κ2) is 5.99. The summed E-state index contributed by atoms with van der Waals surface area (Å²) < 4.78 is 5.62. The molecule has 3 atom stereocenters. The van der Waals surface area contributed by atoms with Crippen LogP contribution in [-0.4, -0.2) is 49.8 Å². The Bertz CT molecular complexity index is 210. The van der Waals surface area contributed by atoms with Crippen LogP contribution in [0.1, 0.15) is 33.1 Å². The number of nitrogens with one attached hydrogen (secondary N) is 1. The van der Waals surface area contributed by atoms with Crippen molar-refractivity contribution in [2.45, 2.75) is 45.3 Å². The van der Waals surface area contributed by atoms with Gasteiger partial charge in [-0.05, 0) is 51.7 Å². The van der Waals surface area contributed by atoms with Gasteiger partial charge in [-0.25, -0.2) is 0 Å². The SMILES string of the molecule is CCNCC1CCN(C2CCOC(C)C2)C1. The third kappa shape index (κ3) is 3.19. The minimum absolute atomic E-state index is 0.464. The molecule has 2 aliphatic rings. The molecule has 0 aromatic heterocycles. The zero-order chi connectivity index (χ0) is 11.4. The molecule has 0 radical (unpaired) electrons. The Morgan fingerprint density at radius 3 is 3.00 bits per heavy atom. The Hall–Kier alpha value is -0.120. The van der Waals surface area contributed by atoms with Crippen molar-refractivity contribution >= 4 is 0 Å². The van der Waals surface area contributed by atoms with Crippen LogP contribution >= 0.6 is 0 Å². The predicted molar refractivity (Wildman–Crippen MR) is 66.7 cm³/mol. The number of hydrogen-bond donors (Lipinski definition) is 1. The molecule has 0 aromatic rings. The fourth-order valence-corrected chi connectivity index (χ4v) is 3.02. The van der Waals surface area contributed by atoms with Gasteiger partial charge < -0.3 is 10.1 Å². The lowest BCUT2D eigenvalue weighted by molar-refractivity contribution is -0.0129. The first-order valence-electron chi connectivity index (χ1n) is 6.86. The van der Waals surface area contributed by atoms with Gasteiger partial charge in [-0.1, -0.05) is 6.92 Å². The van der Waals surface area contributed by atoms with Crippen molar-refractivity contribution < 1.29 is 4.74 Å². The van der Waals surface area contributed by atoms with Crippen molar-refractivity contribution in [3.63, 3.8) is 0 Å². The highest BCUT2D eigenvalue weighted by atomic mass is 16.5. The fourth-order valence-electron chi connectivity index (χ4n) is 3.02. The van der Waals surface area contributed by atoms with Crippen LogP contribution < -0.4 is 5.32 Å². The molecule has 2 heterocycles. The van der Waals surface area contributed by atoms with Crippen molar-refractivity contribution in [1.29, 1.82) is 0 Å². The molecule has 0 amide bonds. The third-order valence-electron chi connectivity index (χ3n) is 3.97. The predicted octanol–water partition coefficient (Wildman–Crippen LogP) is 1.49. The highest BCUT2D eigenvalue weighted by Crippen LogP contribution is 2.25. The summed E-state index contributed by atoms with van der Waals surface area (Å²) in [5, 5.41) is 3.47. The summed E-state index contributed by atoms with van der Waals surface area (Å²) in [5.41, 5.74) is 0.